The van der Waals surface area contributed by atoms with Gasteiger partial charge in [0.2, 0.25) is 0 Å². The summed E-state index contributed by atoms with van der Waals surface area (Å²) >= 11 is 7.77. The molecule has 0 unspecified atom stereocenters. The van der Waals surface area contributed by atoms with E-state index in [9.17, 15) is 0 Å². The molecule has 2 aromatic heterocycles. The highest BCUT2D eigenvalue weighted by Crippen LogP contribution is 2.37. The maximum Gasteiger partial charge on any atom is 0.197 e. The van der Waals surface area contributed by atoms with E-state index in [1.54, 1.807) is 25.6 Å². The molecule has 0 aliphatic rings. The van der Waals surface area contributed by atoms with Crippen molar-refractivity contribution in [3.05, 3.63) is 47.5 Å². The molecule has 4 aromatic rings. The molecular weight excluding hydrogens is 370 g/mol. The average molecular weight is 388 g/mol. The number of rotatable bonds is 6. The molecule has 1 N–H and O–H groups in total. The van der Waals surface area contributed by atoms with Gasteiger partial charge >= 0.3 is 0 Å². The molecule has 0 aliphatic heterocycles. The van der Waals surface area contributed by atoms with Crippen molar-refractivity contribution in [2.45, 2.75) is 0 Å². The highest BCUT2D eigenvalue weighted by Gasteiger charge is 2.18. The van der Waals surface area contributed by atoms with Gasteiger partial charge in [-0.3, -0.25) is 4.40 Å². The molecule has 2 heterocycles. The van der Waals surface area contributed by atoms with E-state index in [1.165, 1.54) is 0 Å². The summed E-state index contributed by atoms with van der Waals surface area (Å²) in [5.74, 6) is 1.75. The number of benzene rings is 2. The van der Waals surface area contributed by atoms with Crippen molar-refractivity contribution >= 4 is 43.9 Å². The lowest BCUT2D eigenvalue weighted by Gasteiger charge is -2.09. The molecule has 26 heavy (non-hydrogen) atoms. The normalized spacial score (nSPS) is 11.3. The number of fused-ring (bicyclic) bond motifs is 3. The first-order valence-electron chi connectivity index (χ1n) is 8.19. The van der Waals surface area contributed by atoms with Crippen LogP contribution < -0.4 is 10.1 Å². The summed E-state index contributed by atoms with van der Waals surface area (Å²) in [6.45, 7) is 1.30. The van der Waals surface area contributed by atoms with E-state index in [0.717, 1.165) is 43.0 Å². The van der Waals surface area contributed by atoms with Crippen LogP contribution in [0.2, 0.25) is 5.02 Å². The Morgan fingerprint density at radius 1 is 1.19 bits per heavy atom. The molecule has 0 aliphatic carbocycles. The van der Waals surface area contributed by atoms with E-state index < -0.39 is 0 Å². The van der Waals surface area contributed by atoms with E-state index in [4.69, 9.17) is 26.1 Å². The maximum absolute atomic E-state index is 6.15. The topological polar surface area (TPSA) is 47.8 Å². The fourth-order valence-corrected chi connectivity index (χ4v) is 4.25. The molecule has 7 heteroatoms. The highest BCUT2D eigenvalue weighted by molar-refractivity contribution is 7.23. The van der Waals surface area contributed by atoms with Gasteiger partial charge in [0.25, 0.3) is 0 Å². The van der Waals surface area contributed by atoms with Crippen LogP contribution in [-0.2, 0) is 4.74 Å². The zero-order valence-corrected chi connectivity index (χ0v) is 16.0. The third kappa shape index (κ3) is 3.00. The van der Waals surface area contributed by atoms with Crippen LogP contribution in [0.1, 0.15) is 0 Å². The zero-order valence-electron chi connectivity index (χ0n) is 14.5. The molecule has 0 spiro atoms. The molecule has 0 saturated carbocycles. The van der Waals surface area contributed by atoms with Crippen molar-refractivity contribution in [1.29, 1.82) is 0 Å². The minimum Gasteiger partial charge on any atom is -0.497 e. The smallest absolute Gasteiger partial charge is 0.197 e. The molecule has 0 saturated heterocycles. The molecule has 0 atom stereocenters. The van der Waals surface area contributed by atoms with Crippen LogP contribution >= 0.6 is 22.9 Å². The number of aromatic nitrogens is 2. The van der Waals surface area contributed by atoms with Crippen LogP contribution in [0.4, 0.5) is 5.82 Å². The molecule has 4 rings (SSSR count). The Hall–Kier alpha value is -2.28. The van der Waals surface area contributed by atoms with Crippen molar-refractivity contribution in [3.63, 3.8) is 0 Å². The Labute approximate surface area is 160 Å². The lowest BCUT2D eigenvalue weighted by Crippen LogP contribution is -2.10. The summed E-state index contributed by atoms with van der Waals surface area (Å²) in [7, 11) is 3.36. The van der Waals surface area contributed by atoms with E-state index in [-0.39, 0.29) is 0 Å². The summed E-state index contributed by atoms with van der Waals surface area (Å²) in [6.07, 6.45) is 0. The monoisotopic (exact) mass is 387 g/mol. The zero-order chi connectivity index (χ0) is 18.1. The lowest BCUT2D eigenvalue weighted by atomic mass is 10.1. The number of anilines is 1. The van der Waals surface area contributed by atoms with Gasteiger partial charge in [-0.15, -0.1) is 0 Å². The summed E-state index contributed by atoms with van der Waals surface area (Å²) in [6, 6.07) is 13.8. The number of ether oxygens (including phenoxy) is 2. The molecular formula is C19H18ClN3O2S. The molecule has 0 radical (unpaired) electrons. The quantitative estimate of drug-likeness (QED) is 0.476. The summed E-state index contributed by atoms with van der Waals surface area (Å²) < 4.78 is 13.8. The van der Waals surface area contributed by atoms with Crippen molar-refractivity contribution in [2.75, 3.05) is 32.7 Å². The van der Waals surface area contributed by atoms with Crippen LogP contribution in [-0.4, -0.2) is 36.8 Å². The number of halogens is 1. The minimum atomic E-state index is 0.610. The number of hydrogen-bond donors (Lipinski definition) is 1. The fourth-order valence-electron chi connectivity index (χ4n) is 2.95. The van der Waals surface area contributed by atoms with Crippen molar-refractivity contribution in [3.8, 4) is 17.0 Å². The minimum absolute atomic E-state index is 0.610. The molecule has 0 bridgehead atoms. The number of thiazole rings is 1. The third-order valence-corrected chi connectivity index (χ3v) is 5.39. The Morgan fingerprint density at radius 2 is 2.08 bits per heavy atom. The first-order valence-corrected chi connectivity index (χ1v) is 9.38. The fraction of sp³-hybridized carbons (Fsp3) is 0.211. The summed E-state index contributed by atoms with van der Waals surface area (Å²) in [4.78, 5) is 5.80. The Morgan fingerprint density at radius 3 is 2.88 bits per heavy atom. The number of methoxy groups -OCH3 is 2. The Balaban J connectivity index is 1.92. The molecule has 2 aromatic carbocycles. The summed E-state index contributed by atoms with van der Waals surface area (Å²) in [5.41, 5.74) is 2.97. The van der Waals surface area contributed by atoms with Gasteiger partial charge in [-0.2, -0.15) is 0 Å². The van der Waals surface area contributed by atoms with Gasteiger partial charge < -0.3 is 14.8 Å². The number of nitrogens with zero attached hydrogens (tertiary/aromatic N) is 2. The van der Waals surface area contributed by atoms with Crippen LogP contribution in [0.5, 0.6) is 5.75 Å². The van der Waals surface area contributed by atoms with Gasteiger partial charge in [0.1, 0.15) is 17.3 Å². The van der Waals surface area contributed by atoms with Crippen molar-refractivity contribution in [2.24, 2.45) is 0 Å². The second-order valence-electron chi connectivity index (χ2n) is 5.79. The molecule has 5 nitrogen and oxygen atoms in total. The van der Waals surface area contributed by atoms with Crippen LogP contribution in [0, 0.1) is 0 Å². The predicted octanol–water partition coefficient (Wildman–Crippen LogP) is 4.94. The van der Waals surface area contributed by atoms with Gasteiger partial charge in [0.05, 0.1) is 23.9 Å². The van der Waals surface area contributed by atoms with Crippen molar-refractivity contribution < 1.29 is 9.47 Å². The standard InChI is InChI=1S/C19H18ClN3O2S/c1-24-9-8-21-18-17(12-4-3-5-14(10-12)25-2)22-19-23(18)15-7-6-13(20)11-16(15)26-19/h3-7,10-11,21H,8-9H2,1-2H3. The Bertz CT molecular complexity index is 1070. The Kier molecular flexibility index (Phi) is 4.72. The lowest BCUT2D eigenvalue weighted by molar-refractivity contribution is 0.210. The van der Waals surface area contributed by atoms with Crippen LogP contribution in [0.3, 0.4) is 0 Å². The van der Waals surface area contributed by atoms with Gasteiger partial charge in [-0.05, 0) is 30.3 Å². The number of imidazole rings is 1. The second kappa shape index (κ2) is 7.15. The maximum atomic E-state index is 6.15. The SMILES string of the molecule is COCCNc1c(-c2cccc(OC)c2)nc2sc3cc(Cl)ccc3n12. The largest absolute Gasteiger partial charge is 0.497 e. The first kappa shape index (κ1) is 17.1. The second-order valence-corrected chi connectivity index (χ2v) is 7.24. The van der Waals surface area contributed by atoms with Crippen LogP contribution in [0.25, 0.3) is 26.4 Å². The van der Waals surface area contributed by atoms with E-state index in [1.807, 2.05) is 42.5 Å². The third-order valence-electron chi connectivity index (χ3n) is 4.15. The highest BCUT2D eigenvalue weighted by atomic mass is 35.5. The molecule has 0 amide bonds. The van der Waals surface area contributed by atoms with Crippen LogP contribution in [0.15, 0.2) is 42.5 Å². The van der Waals surface area contributed by atoms with Gasteiger partial charge in [0, 0.05) is 24.2 Å². The van der Waals surface area contributed by atoms with E-state index in [0.29, 0.717) is 13.2 Å². The molecule has 134 valence electrons. The van der Waals surface area contributed by atoms with Gasteiger partial charge in [-0.25, -0.2) is 4.98 Å². The van der Waals surface area contributed by atoms with E-state index in [2.05, 4.69) is 9.72 Å². The van der Waals surface area contributed by atoms with Gasteiger partial charge in [-0.1, -0.05) is 35.1 Å². The molecule has 0 fully saturated rings. The number of hydrogen-bond acceptors (Lipinski definition) is 5. The average Bonchev–Trinajstić information content (AvgIpc) is 3.18. The van der Waals surface area contributed by atoms with E-state index >= 15 is 0 Å². The predicted molar refractivity (Wildman–Crippen MR) is 108 cm³/mol. The van der Waals surface area contributed by atoms with Crippen molar-refractivity contribution in [1.82, 2.24) is 9.38 Å². The summed E-state index contributed by atoms with van der Waals surface area (Å²) in [5, 5.41) is 4.20. The first-order chi connectivity index (χ1) is 12.7. The van der Waals surface area contributed by atoms with Gasteiger partial charge in [0.15, 0.2) is 4.96 Å². The number of nitrogens with one attached hydrogen (secondary N) is 1.